The lowest BCUT2D eigenvalue weighted by molar-refractivity contribution is 0.490. The van der Waals surface area contributed by atoms with Crippen LogP contribution in [0.15, 0.2) is 9.98 Å². The van der Waals surface area contributed by atoms with Crippen LogP contribution in [-0.4, -0.2) is 30.6 Å². The first-order valence-electron chi connectivity index (χ1n) is 4.46. The van der Waals surface area contributed by atoms with E-state index < -0.39 is 0 Å². The van der Waals surface area contributed by atoms with Crippen molar-refractivity contribution < 1.29 is 0 Å². The number of hydrogen-bond donors (Lipinski definition) is 3. The highest BCUT2D eigenvalue weighted by Crippen LogP contribution is 2.11. The third-order valence-electron chi connectivity index (χ3n) is 1.34. The van der Waals surface area contributed by atoms with Crippen molar-refractivity contribution in [3.8, 4) is 0 Å². The van der Waals surface area contributed by atoms with Crippen LogP contribution in [0, 0.1) is 10.8 Å². The van der Waals surface area contributed by atoms with Crippen LogP contribution in [0.3, 0.4) is 0 Å². The normalized spacial score (nSPS) is 8.27. The van der Waals surface area contributed by atoms with E-state index in [-0.39, 0.29) is 17.9 Å². The Morgan fingerprint density at radius 1 is 1.33 bits per heavy atom. The Labute approximate surface area is 97.3 Å². The van der Waals surface area contributed by atoms with Crippen LogP contribution >= 0.6 is 12.4 Å². The van der Waals surface area contributed by atoms with Gasteiger partial charge in [0.25, 0.3) is 0 Å². The molecule has 5 nitrogen and oxygen atoms in total. The van der Waals surface area contributed by atoms with Crippen LogP contribution in [0.1, 0.15) is 27.2 Å². The molecule has 0 atom stereocenters. The van der Waals surface area contributed by atoms with Crippen molar-refractivity contribution in [2.75, 3.05) is 13.1 Å². The maximum atomic E-state index is 5.62. The number of rotatable bonds is 4. The van der Waals surface area contributed by atoms with Gasteiger partial charge in [0.1, 0.15) is 0 Å². The van der Waals surface area contributed by atoms with E-state index >= 15 is 0 Å². The van der Waals surface area contributed by atoms with Gasteiger partial charge in [-0.15, -0.1) is 12.4 Å². The van der Waals surface area contributed by atoms with Crippen molar-refractivity contribution in [3.05, 3.63) is 0 Å². The minimum Gasteiger partial charge on any atom is -0.330 e. The summed E-state index contributed by atoms with van der Waals surface area (Å²) < 4.78 is 0. The van der Waals surface area contributed by atoms with E-state index in [0.29, 0.717) is 6.54 Å². The first-order valence-corrected chi connectivity index (χ1v) is 4.46. The Hall–Kier alpha value is -0.990. The van der Waals surface area contributed by atoms with Crippen molar-refractivity contribution in [2.24, 2.45) is 15.7 Å². The molecule has 0 fully saturated rings. The summed E-state index contributed by atoms with van der Waals surface area (Å²) in [6.07, 6.45) is 0.874. The van der Waals surface area contributed by atoms with E-state index in [1.165, 1.54) is 6.01 Å². The predicted molar refractivity (Wildman–Crippen MR) is 65.8 cm³/mol. The molecule has 0 aromatic heterocycles. The summed E-state index contributed by atoms with van der Waals surface area (Å²) >= 11 is 0. The van der Waals surface area contributed by atoms with Gasteiger partial charge >= 0.3 is 0 Å². The van der Waals surface area contributed by atoms with Crippen LogP contribution in [0.4, 0.5) is 0 Å². The third kappa shape index (κ3) is 19.4. The zero-order chi connectivity index (χ0) is 11.4. The topological polar surface area (TPSA) is 98.4 Å². The lowest BCUT2D eigenvalue weighted by atomic mass is 10.0. The quantitative estimate of drug-likeness (QED) is 0.637. The van der Waals surface area contributed by atoms with Gasteiger partial charge in [0.2, 0.25) is 0 Å². The Morgan fingerprint density at radius 3 is 2.13 bits per heavy atom. The van der Waals surface area contributed by atoms with Gasteiger partial charge in [-0.1, -0.05) is 0 Å². The highest BCUT2D eigenvalue weighted by Gasteiger charge is 2.13. The van der Waals surface area contributed by atoms with Crippen LogP contribution in [0.25, 0.3) is 0 Å². The molecule has 0 saturated heterocycles. The number of halogens is 1. The summed E-state index contributed by atoms with van der Waals surface area (Å²) in [5.74, 6) is 0. The van der Waals surface area contributed by atoms with E-state index in [0.717, 1.165) is 13.0 Å². The minimum atomic E-state index is -0.104. The van der Waals surface area contributed by atoms with Crippen molar-refractivity contribution in [1.29, 1.82) is 10.8 Å². The first kappa shape index (κ1) is 19.6. The van der Waals surface area contributed by atoms with Gasteiger partial charge in [-0.25, -0.2) is 20.8 Å². The lowest BCUT2D eigenvalue weighted by Gasteiger charge is -2.15. The number of aliphatic imine (C=N–C) groups is 2. The van der Waals surface area contributed by atoms with Crippen LogP contribution in [0.5, 0.6) is 0 Å². The molecule has 0 aromatic rings. The van der Waals surface area contributed by atoms with Crippen molar-refractivity contribution in [1.82, 2.24) is 0 Å². The highest BCUT2D eigenvalue weighted by molar-refractivity contribution is 5.85. The summed E-state index contributed by atoms with van der Waals surface area (Å²) in [6.45, 7) is 7.40. The molecule has 4 N–H and O–H groups in total. The largest absolute Gasteiger partial charge is 0.330 e. The summed E-state index contributed by atoms with van der Waals surface area (Å²) in [5.41, 5.74) is 5.30. The average molecular weight is 234 g/mol. The van der Waals surface area contributed by atoms with Crippen LogP contribution < -0.4 is 5.73 Å². The van der Waals surface area contributed by atoms with Crippen molar-refractivity contribution in [3.63, 3.8) is 0 Å². The number of hydrogen-bond acceptors (Lipinski definition) is 5. The molecule has 0 bridgehead atoms. The van der Waals surface area contributed by atoms with Gasteiger partial charge in [0.15, 0.2) is 0 Å². The minimum absolute atomic E-state index is 0. The second-order valence-corrected chi connectivity index (χ2v) is 3.16. The smallest absolute Gasteiger partial charge is 0.0898 e. The molecule has 0 heterocycles. The van der Waals surface area contributed by atoms with Gasteiger partial charge in [0, 0.05) is 6.54 Å². The SMILES string of the molecule is CCN=C=NC(C)(C)CCN.Cl.N=C=N. The number of nitrogens with one attached hydrogen (secondary N) is 2. The fourth-order valence-electron chi connectivity index (χ4n) is 0.651. The van der Waals surface area contributed by atoms with Crippen LogP contribution in [-0.2, 0) is 0 Å². The second kappa shape index (κ2) is 13.0. The van der Waals surface area contributed by atoms with E-state index in [1.807, 2.05) is 20.8 Å². The lowest BCUT2D eigenvalue weighted by Crippen LogP contribution is -2.21. The Morgan fingerprint density at radius 2 is 1.80 bits per heavy atom. The Kier molecular flexibility index (Phi) is 17.0. The summed E-state index contributed by atoms with van der Waals surface area (Å²) in [5, 5.41) is 11.2. The maximum absolute atomic E-state index is 5.62. The molecule has 0 amide bonds. The summed E-state index contributed by atoms with van der Waals surface area (Å²) in [7, 11) is 0. The third-order valence-corrected chi connectivity index (χ3v) is 1.34. The van der Waals surface area contributed by atoms with Gasteiger partial charge in [-0.3, -0.25) is 0 Å². The van der Waals surface area contributed by atoms with Crippen LogP contribution in [0.2, 0.25) is 0 Å². The predicted octanol–water partition coefficient (Wildman–Crippen LogP) is 2.05. The average Bonchev–Trinajstić information content (AvgIpc) is 2.05. The molecule has 0 unspecified atom stereocenters. The fraction of sp³-hybridized carbons (Fsp3) is 0.778. The number of nitrogens with zero attached hydrogens (tertiary/aromatic N) is 2. The molecule has 0 spiro atoms. The molecular weight excluding hydrogens is 214 g/mol. The molecule has 0 aliphatic carbocycles. The zero-order valence-corrected chi connectivity index (χ0v) is 10.3. The molecule has 0 radical (unpaired) electrons. The number of nitrogens with two attached hydrogens (primary N) is 1. The second-order valence-electron chi connectivity index (χ2n) is 3.16. The molecule has 15 heavy (non-hydrogen) atoms. The van der Waals surface area contributed by atoms with Crippen molar-refractivity contribution in [2.45, 2.75) is 32.7 Å². The zero-order valence-electron chi connectivity index (χ0n) is 9.50. The highest BCUT2D eigenvalue weighted by atomic mass is 35.5. The monoisotopic (exact) mass is 233 g/mol. The van der Waals surface area contributed by atoms with E-state index in [1.54, 1.807) is 0 Å². The molecule has 6 heteroatoms. The van der Waals surface area contributed by atoms with E-state index in [9.17, 15) is 0 Å². The Balaban J connectivity index is -0.000000320. The van der Waals surface area contributed by atoms with Gasteiger partial charge in [-0.05, 0) is 33.7 Å². The molecule has 0 rings (SSSR count). The molecule has 0 aliphatic heterocycles. The van der Waals surface area contributed by atoms with E-state index in [2.05, 4.69) is 16.0 Å². The molecule has 0 aliphatic rings. The molecule has 88 valence electrons. The first-order chi connectivity index (χ1) is 6.54. The maximum Gasteiger partial charge on any atom is 0.0898 e. The Bertz CT molecular complexity index is 225. The van der Waals surface area contributed by atoms with Gasteiger partial charge in [0.05, 0.1) is 17.6 Å². The van der Waals surface area contributed by atoms with Gasteiger partial charge < -0.3 is 5.73 Å². The summed E-state index contributed by atoms with van der Waals surface area (Å²) in [6, 6.07) is 3.90. The van der Waals surface area contributed by atoms with Gasteiger partial charge in [-0.2, -0.15) is 0 Å². The molecular formula is C9H20ClN5. The van der Waals surface area contributed by atoms with Crippen molar-refractivity contribution >= 4 is 24.4 Å². The fourth-order valence-corrected chi connectivity index (χ4v) is 0.651. The molecule has 0 saturated carbocycles. The molecule has 0 aromatic carbocycles. The van der Waals surface area contributed by atoms with E-state index in [4.69, 9.17) is 16.6 Å². The summed E-state index contributed by atoms with van der Waals surface area (Å²) in [4.78, 5) is 8.02. The standard InChI is InChI=1S/C8H17N3.CH2N2.ClH/c1-4-10-7-11-8(2,3)5-6-9;2-1-3;/h4-6,9H2,1-3H3;2-3H;1H.